The van der Waals surface area contributed by atoms with Crippen LogP contribution >= 0.6 is 0 Å². The molecule has 0 saturated heterocycles. The summed E-state index contributed by atoms with van der Waals surface area (Å²) in [6.45, 7) is 2.20. The van der Waals surface area contributed by atoms with Gasteiger partial charge in [-0.05, 0) is 36.8 Å². The van der Waals surface area contributed by atoms with Crippen LogP contribution < -0.4 is 25.5 Å². The molecule has 2 aliphatic rings. The number of benzene rings is 1. The van der Waals surface area contributed by atoms with Gasteiger partial charge in [0, 0.05) is 11.8 Å². The number of nitriles is 1. The second-order valence-corrected chi connectivity index (χ2v) is 7.07. The first-order chi connectivity index (χ1) is 14.6. The molecule has 4 heterocycles. The van der Waals surface area contributed by atoms with Crippen molar-refractivity contribution in [1.82, 2.24) is 4.57 Å². The quantitative estimate of drug-likeness (QED) is 0.715. The number of allylic oxidation sites excluding steroid dienone is 1. The minimum Gasteiger partial charge on any atom is -0.467 e. The smallest absolute Gasteiger partial charge is 0.259 e. The largest absolute Gasteiger partial charge is 0.467 e. The van der Waals surface area contributed by atoms with Gasteiger partial charge in [-0.25, -0.2) is 0 Å². The molecule has 3 aromatic rings. The van der Waals surface area contributed by atoms with E-state index in [0.29, 0.717) is 39.8 Å². The fourth-order valence-electron chi connectivity index (χ4n) is 3.87. The van der Waals surface area contributed by atoms with Crippen LogP contribution in [0.5, 0.6) is 17.2 Å². The number of furan rings is 1. The zero-order chi connectivity index (χ0) is 20.8. The molecule has 0 amide bonds. The Morgan fingerprint density at radius 3 is 2.80 bits per heavy atom. The molecule has 0 fully saturated rings. The second kappa shape index (κ2) is 6.74. The molecule has 30 heavy (non-hydrogen) atoms. The van der Waals surface area contributed by atoms with Crippen LogP contribution in [0.3, 0.4) is 0 Å². The van der Waals surface area contributed by atoms with Crippen molar-refractivity contribution in [2.24, 2.45) is 5.73 Å². The number of nitrogens with zero attached hydrogens (tertiary/aromatic N) is 2. The molecule has 1 aromatic carbocycles. The fourth-order valence-corrected chi connectivity index (χ4v) is 3.87. The van der Waals surface area contributed by atoms with Crippen molar-refractivity contribution < 1.29 is 18.6 Å². The lowest BCUT2D eigenvalue weighted by Gasteiger charge is -2.27. The highest BCUT2D eigenvalue weighted by atomic mass is 16.7. The van der Waals surface area contributed by atoms with Gasteiger partial charge >= 0.3 is 0 Å². The van der Waals surface area contributed by atoms with Gasteiger partial charge in [-0.15, -0.1) is 0 Å². The lowest BCUT2D eigenvalue weighted by molar-refractivity contribution is 0.174. The number of ether oxygens (including phenoxy) is 3. The molecule has 1 atom stereocenters. The van der Waals surface area contributed by atoms with E-state index in [9.17, 15) is 10.1 Å². The highest BCUT2D eigenvalue weighted by Gasteiger charge is 2.35. The van der Waals surface area contributed by atoms with Gasteiger partial charge in [-0.1, -0.05) is 6.07 Å². The molecule has 8 nitrogen and oxygen atoms in total. The number of pyridine rings is 1. The van der Waals surface area contributed by atoms with Crippen molar-refractivity contribution in [1.29, 1.82) is 5.26 Å². The van der Waals surface area contributed by atoms with Gasteiger partial charge in [0.2, 0.25) is 12.7 Å². The van der Waals surface area contributed by atoms with Crippen LogP contribution in [-0.4, -0.2) is 11.4 Å². The minimum atomic E-state index is -0.691. The highest BCUT2D eigenvalue weighted by Crippen LogP contribution is 2.43. The topological polar surface area (TPSA) is 113 Å². The van der Waals surface area contributed by atoms with E-state index in [1.54, 1.807) is 47.2 Å². The number of hydrogen-bond donors (Lipinski definition) is 1. The average molecular weight is 403 g/mol. The Labute approximate surface area is 171 Å². The lowest BCUT2D eigenvalue weighted by atomic mass is 9.84. The van der Waals surface area contributed by atoms with Crippen LogP contribution in [0.1, 0.15) is 28.5 Å². The molecule has 2 aliphatic heterocycles. The van der Waals surface area contributed by atoms with Gasteiger partial charge in [-0.3, -0.25) is 4.79 Å². The summed E-state index contributed by atoms with van der Waals surface area (Å²) in [4.78, 5) is 13.6. The fraction of sp³-hybridized carbons (Fsp3) is 0.182. The Hall–Kier alpha value is -4.12. The molecule has 0 aliphatic carbocycles. The van der Waals surface area contributed by atoms with E-state index in [-0.39, 0.29) is 30.4 Å². The Bertz CT molecular complexity index is 1280. The Kier molecular flexibility index (Phi) is 4.03. The van der Waals surface area contributed by atoms with Crippen LogP contribution in [0.25, 0.3) is 0 Å². The van der Waals surface area contributed by atoms with Crippen LogP contribution in [0.2, 0.25) is 0 Å². The Balaban J connectivity index is 1.71. The zero-order valence-corrected chi connectivity index (χ0v) is 16.0. The molecule has 2 N–H and O–H groups in total. The third kappa shape index (κ3) is 2.71. The van der Waals surface area contributed by atoms with E-state index in [0.717, 1.165) is 0 Å². The first-order valence-electron chi connectivity index (χ1n) is 9.30. The number of aromatic nitrogens is 1. The monoisotopic (exact) mass is 403 g/mol. The summed E-state index contributed by atoms with van der Waals surface area (Å²) < 4.78 is 23.5. The van der Waals surface area contributed by atoms with Crippen molar-refractivity contribution in [3.8, 4) is 23.3 Å². The van der Waals surface area contributed by atoms with E-state index in [2.05, 4.69) is 6.07 Å². The Morgan fingerprint density at radius 2 is 2.03 bits per heavy atom. The molecule has 0 bridgehead atoms. The maximum Gasteiger partial charge on any atom is 0.259 e. The number of fused-ring (bicyclic) bond motifs is 2. The van der Waals surface area contributed by atoms with Crippen molar-refractivity contribution >= 4 is 0 Å². The molecule has 2 aromatic heterocycles. The highest BCUT2D eigenvalue weighted by molar-refractivity contribution is 5.57. The first kappa shape index (κ1) is 17.9. The summed E-state index contributed by atoms with van der Waals surface area (Å²) in [6.07, 6.45) is 1.56. The minimum absolute atomic E-state index is 0.0183. The molecule has 0 radical (unpaired) electrons. The average Bonchev–Trinajstić information content (AvgIpc) is 3.41. The van der Waals surface area contributed by atoms with Gasteiger partial charge in [0.05, 0.1) is 24.3 Å². The van der Waals surface area contributed by atoms with E-state index in [1.165, 1.54) is 0 Å². The molecule has 150 valence electrons. The number of hydrogen-bond acceptors (Lipinski definition) is 7. The van der Waals surface area contributed by atoms with Gasteiger partial charge in [0.15, 0.2) is 11.5 Å². The van der Waals surface area contributed by atoms with E-state index < -0.39 is 5.92 Å². The molecule has 5 rings (SSSR count). The van der Waals surface area contributed by atoms with Crippen LogP contribution in [-0.2, 0) is 6.54 Å². The van der Waals surface area contributed by atoms with Crippen molar-refractivity contribution in [2.45, 2.75) is 19.4 Å². The summed E-state index contributed by atoms with van der Waals surface area (Å²) >= 11 is 0. The standard InChI is InChI=1S/C22H17N3O5/c1-12-7-18-20(22(26)25(12)10-14-3-2-6-27-14)19(15(9-23)21(24)30-18)13-4-5-16-17(8-13)29-11-28-16/h2-8,19H,10-11,24H2,1H3. The van der Waals surface area contributed by atoms with Crippen LogP contribution in [0, 0.1) is 18.3 Å². The molecule has 8 heteroatoms. The maximum absolute atomic E-state index is 13.6. The van der Waals surface area contributed by atoms with E-state index in [1.807, 2.05) is 6.92 Å². The number of aryl methyl sites for hydroxylation is 1. The number of nitrogens with two attached hydrogens (primary N) is 1. The molecular formula is C22H17N3O5. The van der Waals surface area contributed by atoms with Crippen molar-refractivity contribution in [3.05, 3.63) is 87.1 Å². The van der Waals surface area contributed by atoms with Gasteiger partial charge in [0.1, 0.15) is 23.2 Å². The summed E-state index contributed by atoms with van der Waals surface area (Å²) in [7, 11) is 0. The summed E-state index contributed by atoms with van der Waals surface area (Å²) in [6, 6.07) is 12.8. The summed E-state index contributed by atoms with van der Waals surface area (Å²) in [5.74, 6) is 1.44. The van der Waals surface area contributed by atoms with Gasteiger partial charge < -0.3 is 28.9 Å². The summed E-state index contributed by atoms with van der Waals surface area (Å²) in [5.41, 5.74) is 7.67. The predicted octanol–water partition coefficient (Wildman–Crippen LogP) is 2.74. The predicted molar refractivity (Wildman–Crippen MR) is 105 cm³/mol. The van der Waals surface area contributed by atoms with E-state index >= 15 is 0 Å². The van der Waals surface area contributed by atoms with Crippen LogP contribution in [0.4, 0.5) is 0 Å². The van der Waals surface area contributed by atoms with Crippen molar-refractivity contribution in [3.63, 3.8) is 0 Å². The van der Waals surface area contributed by atoms with Crippen LogP contribution in [0.15, 0.2) is 63.3 Å². The normalized spacial score (nSPS) is 16.7. The molecular weight excluding hydrogens is 386 g/mol. The lowest BCUT2D eigenvalue weighted by Crippen LogP contribution is -2.33. The third-order valence-corrected chi connectivity index (χ3v) is 5.31. The molecule has 0 spiro atoms. The molecule has 0 saturated carbocycles. The SMILES string of the molecule is Cc1cc2c(c(=O)n1Cc1ccco1)C(c1ccc3c(c1)OCO3)C(C#N)=C(N)O2. The van der Waals surface area contributed by atoms with Gasteiger partial charge in [-0.2, -0.15) is 5.26 Å². The molecule has 1 unspecified atom stereocenters. The maximum atomic E-state index is 13.6. The Morgan fingerprint density at radius 1 is 1.20 bits per heavy atom. The zero-order valence-electron chi connectivity index (χ0n) is 16.0. The third-order valence-electron chi connectivity index (χ3n) is 5.31. The first-order valence-corrected chi connectivity index (χ1v) is 9.30. The summed E-state index contributed by atoms with van der Waals surface area (Å²) in [5, 5.41) is 9.79. The van der Waals surface area contributed by atoms with E-state index in [4.69, 9.17) is 24.4 Å². The second-order valence-electron chi connectivity index (χ2n) is 7.07. The number of rotatable bonds is 3. The van der Waals surface area contributed by atoms with Gasteiger partial charge in [0.25, 0.3) is 5.56 Å². The van der Waals surface area contributed by atoms with Crippen molar-refractivity contribution in [2.75, 3.05) is 6.79 Å².